The molecule has 0 spiro atoms. The number of anilines is 1. The molecule has 0 atom stereocenters. The summed E-state index contributed by atoms with van der Waals surface area (Å²) in [5.41, 5.74) is 7.92. The maximum Gasteiger partial charge on any atom is 0.0698 e. The molecule has 4 nitrogen and oxygen atoms in total. The molecule has 0 aliphatic carbocycles. The van der Waals surface area contributed by atoms with Crippen LogP contribution in [-0.2, 0) is 11.2 Å². The molecule has 0 bridgehead atoms. The number of hydrogen-bond donors (Lipinski definition) is 2. The van der Waals surface area contributed by atoms with E-state index < -0.39 is 0 Å². The second kappa shape index (κ2) is 8.06. The van der Waals surface area contributed by atoms with Gasteiger partial charge >= 0.3 is 0 Å². The molecule has 0 heterocycles. The molecule has 0 saturated carbocycles. The van der Waals surface area contributed by atoms with Crippen LogP contribution >= 0.6 is 0 Å². The van der Waals surface area contributed by atoms with Crippen molar-refractivity contribution in [2.24, 2.45) is 0 Å². The molecule has 1 aromatic rings. The molecule has 0 radical (unpaired) electrons. The van der Waals surface area contributed by atoms with Crippen molar-refractivity contribution in [3.63, 3.8) is 0 Å². The van der Waals surface area contributed by atoms with Gasteiger partial charge < -0.3 is 20.5 Å². The van der Waals surface area contributed by atoms with Crippen molar-refractivity contribution in [3.8, 4) is 0 Å². The largest absolute Gasteiger partial charge is 0.399 e. The van der Waals surface area contributed by atoms with Crippen LogP contribution in [0.25, 0.3) is 0 Å². The second-order valence-electron chi connectivity index (χ2n) is 4.09. The van der Waals surface area contributed by atoms with Crippen molar-refractivity contribution in [2.45, 2.75) is 6.42 Å². The van der Waals surface area contributed by atoms with Gasteiger partial charge in [0, 0.05) is 18.8 Å². The van der Waals surface area contributed by atoms with Crippen LogP contribution in [0.1, 0.15) is 5.56 Å². The summed E-state index contributed by atoms with van der Waals surface area (Å²) in [6, 6.07) is 7.95. The predicted octanol–water partition coefficient (Wildman–Crippen LogP) is 0.752. The molecule has 0 aromatic heterocycles. The van der Waals surface area contributed by atoms with Gasteiger partial charge in [0.2, 0.25) is 0 Å². The van der Waals surface area contributed by atoms with Crippen molar-refractivity contribution >= 4 is 5.69 Å². The number of aliphatic hydroxyl groups is 1. The third-order valence-electron chi connectivity index (χ3n) is 2.67. The van der Waals surface area contributed by atoms with Gasteiger partial charge in [-0.15, -0.1) is 0 Å². The highest BCUT2D eigenvalue weighted by atomic mass is 16.5. The van der Waals surface area contributed by atoms with Crippen molar-refractivity contribution in [1.82, 2.24) is 4.90 Å². The molecule has 0 amide bonds. The van der Waals surface area contributed by atoms with E-state index in [0.29, 0.717) is 13.2 Å². The van der Waals surface area contributed by atoms with Gasteiger partial charge in [-0.05, 0) is 25.1 Å². The lowest BCUT2D eigenvalue weighted by Crippen LogP contribution is -2.26. The molecule has 1 aromatic carbocycles. The molecular formula is C13H22N2O2. The minimum atomic E-state index is 0.0876. The Bertz CT molecular complexity index is 318. The molecule has 0 aliphatic heterocycles. The molecular weight excluding hydrogens is 216 g/mol. The zero-order chi connectivity index (χ0) is 12.5. The van der Waals surface area contributed by atoms with Crippen LogP contribution in [0.3, 0.4) is 0 Å². The quantitative estimate of drug-likeness (QED) is 0.518. The van der Waals surface area contributed by atoms with Gasteiger partial charge in [0.05, 0.1) is 19.8 Å². The minimum absolute atomic E-state index is 0.0876. The lowest BCUT2D eigenvalue weighted by atomic mass is 10.1. The van der Waals surface area contributed by atoms with Gasteiger partial charge in [0.1, 0.15) is 0 Å². The fraction of sp³-hybridized carbons (Fsp3) is 0.538. The van der Waals surface area contributed by atoms with E-state index in [1.54, 1.807) is 0 Å². The number of nitrogens with zero attached hydrogens (tertiary/aromatic N) is 1. The Balaban J connectivity index is 2.19. The summed E-state index contributed by atoms with van der Waals surface area (Å²) in [5, 5.41) is 8.56. The number of hydrogen-bond acceptors (Lipinski definition) is 4. The van der Waals surface area contributed by atoms with Crippen LogP contribution < -0.4 is 5.73 Å². The lowest BCUT2D eigenvalue weighted by Gasteiger charge is -2.16. The number of para-hydroxylation sites is 1. The summed E-state index contributed by atoms with van der Waals surface area (Å²) >= 11 is 0. The summed E-state index contributed by atoms with van der Waals surface area (Å²) in [6.07, 6.45) is 0.948. The molecule has 0 saturated heterocycles. The number of nitrogen functional groups attached to an aromatic ring is 1. The van der Waals surface area contributed by atoms with Crippen LogP contribution in [0.4, 0.5) is 5.69 Å². The van der Waals surface area contributed by atoms with Crippen LogP contribution in [0.2, 0.25) is 0 Å². The number of benzene rings is 1. The Hall–Kier alpha value is -1.10. The number of ether oxygens (including phenoxy) is 1. The molecule has 0 unspecified atom stereocenters. The van der Waals surface area contributed by atoms with Gasteiger partial charge in [0.15, 0.2) is 0 Å². The first kappa shape index (κ1) is 14.0. The lowest BCUT2D eigenvalue weighted by molar-refractivity contribution is 0.0786. The maximum atomic E-state index is 8.56. The summed E-state index contributed by atoms with van der Waals surface area (Å²) in [7, 11) is 2.06. The first-order chi connectivity index (χ1) is 8.24. The van der Waals surface area contributed by atoms with E-state index in [9.17, 15) is 0 Å². The van der Waals surface area contributed by atoms with E-state index in [-0.39, 0.29) is 6.61 Å². The fourth-order valence-electron chi connectivity index (χ4n) is 1.57. The number of aliphatic hydroxyl groups excluding tert-OH is 1. The predicted molar refractivity (Wildman–Crippen MR) is 70.0 cm³/mol. The highest BCUT2D eigenvalue weighted by Crippen LogP contribution is 2.11. The summed E-state index contributed by atoms with van der Waals surface area (Å²) in [6.45, 7) is 2.98. The molecule has 3 N–H and O–H groups in total. The summed E-state index contributed by atoms with van der Waals surface area (Å²) < 4.78 is 5.21. The van der Waals surface area contributed by atoms with E-state index in [2.05, 4.69) is 18.0 Å². The third kappa shape index (κ3) is 5.68. The Labute approximate surface area is 103 Å². The summed E-state index contributed by atoms with van der Waals surface area (Å²) in [5.74, 6) is 0. The first-order valence-electron chi connectivity index (χ1n) is 5.94. The standard InChI is InChI=1S/C13H22N2O2/c1-15(8-10-17-11-9-16)7-6-12-4-2-3-5-13(12)14/h2-5,16H,6-11,14H2,1H3. The highest BCUT2D eigenvalue weighted by Gasteiger charge is 2.01. The van der Waals surface area contributed by atoms with Gasteiger partial charge in [-0.3, -0.25) is 0 Å². The second-order valence-corrected chi connectivity index (χ2v) is 4.09. The number of nitrogens with two attached hydrogens (primary N) is 1. The number of likely N-dealkylation sites (N-methyl/N-ethyl adjacent to an activating group) is 1. The molecule has 17 heavy (non-hydrogen) atoms. The zero-order valence-corrected chi connectivity index (χ0v) is 10.4. The SMILES string of the molecule is CN(CCOCCO)CCc1ccccc1N. The normalized spacial score (nSPS) is 11.0. The third-order valence-corrected chi connectivity index (χ3v) is 2.67. The Morgan fingerprint density at radius 1 is 1.24 bits per heavy atom. The van der Waals surface area contributed by atoms with Crippen molar-refractivity contribution < 1.29 is 9.84 Å². The smallest absolute Gasteiger partial charge is 0.0698 e. The molecule has 96 valence electrons. The molecule has 0 aliphatic rings. The molecule has 1 rings (SSSR count). The van der Waals surface area contributed by atoms with Crippen LogP contribution in [0.15, 0.2) is 24.3 Å². The monoisotopic (exact) mass is 238 g/mol. The van der Waals surface area contributed by atoms with E-state index >= 15 is 0 Å². The summed E-state index contributed by atoms with van der Waals surface area (Å²) in [4.78, 5) is 2.20. The Morgan fingerprint density at radius 2 is 2.00 bits per heavy atom. The first-order valence-corrected chi connectivity index (χ1v) is 5.94. The van der Waals surface area contributed by atoms with Gasteiger partial charge in [-0.25, -0.2) is 0 Å². The maximum absolute atomic E-state index is 8.56. The van der Waals surface area contributed by atoms with E-state index in [0.717, 1.165) is 25.2 Å². The van der Waals surface area contributed by atoms with Crippen LogP contribution in [-0.4, -0.2) is 50.0 Å². The fourth-order valence-corrected chi connectivity index (χ4v) is 1.57. The van der Waals surface area contributed by atoms with Gasteiger partial charge in [-0.2, -0.15) is 0 Å². The van der Waals surface area contributed by atoms with E-state index in [1.165, 1.54) is 5.56 Å². The van der Waals surface area contributed by atoms with Gasteiger partial charge in [-0.1, -0.05) is 18.2 Å². The molecule has 0 fully saturated rings. The van der Waals surface area contributed by atoms with Crippen molar-refractivity contribution in [1.29, 1.82) is 0 Å². The van der Waals surface area contributed by atoms with E-state index in [4.69, 9.17) is 15.6 Å². The van der Waals surface area contributed by atoms with Crippen LogP contribution in [0, 0.1) is 0 Å². The van der Waals surface area contributed by atoms with Crippen molar-refractivity contribution in [2.75, 3.05) is 45.7 Å². The average Bonchev–Trinajstić information content (AvgIpc) is 2.34. The minimum Gasteiger partial charge on any atom is -0.399 e. The van der Waals surface area contributed by atoms with Crippen molar-refractivity contribution in [3.05, 3.63) is 29.8 Å². The topological polar surface area (TPSA) is 58.7 Å². The average molecular weight is 238 g/mol. The van der Waals surface area contributed by atoms with Crippen LogP contribution in [0.5, 0.6) is 0 Å². The Morgan fingerprint density at radius 3 is 2.71 bits per heavy atom. The van der Waals surface area contributed by atoms with Gasteiger partial charge in [0.25, 0.3) is 0 Å². The highest BCUT2D eigenvalue weighted by molar-refractivity contribution is 5.46. The zero-order valence-electron chi connectivity index (χ0n) is 10.4. The number of rotatable bonds is 8. The van der Waals surface area contributed by atoms with E-state index in [1.807, 2.05) is 18.2 Å². The Kier molecular flexibility index (Phi) is 6.62. The molecule has 4 heteroatoms.